The molecule has 0 fully saturated rings. The van der Waals surface area contributed by atoms with Crippen LogP contribution in [0.4, 0.5) is 0 Å². The fourth-order valence-electron chi connectivity index (χ4n) is 1.36. The number of rotatable bonds is 7. The van der Waals surface area contributed by atoms with E-state index in [2.05, 4.69) is 13.5 Å². The van der Waals surface area contributed by atoms with Gasteiger partial charge in [-0.2, -0.15) is 0 Å². The molecule has 78 valence electrons. The monoisotopic (exact) mass is 204 g/mol. The molecule has 0 saturated heterocycles. The molecule has 0 saturated carbocycles. The van der Waals surface area contributed by atoms with Crippen molar-refractivity contribution in [3.63, 3.8) is 0 Å². The van der Waals surface area contributed by atoms with Gasteiger partial charge in [-0.1, -0.05) is 39.7 Å². The van der Waals surface area contributed by atoms with Crippen LogP contribution in [0.3, 0.4) is 0 Å². The lowest BCUT2D eigenvalue weighted by Crippen LogP contribution is -2.17. The molecule has 0 N–H and O–H groups in total. The molecule has 0 unspecified atom stereocenters. The van der Waals surface area contributed by atoms with E-state index >= 15 is 0 Å². The van der Waals surface area contributed by atoms with Crippen LogP contribution in [-0.4, -0.2) is 13.7 Å². The molecule has 2 nitrogen and oxygen atoms in total. The quantitative estimate of drug-likeness (QED) is 0.597. The van der Waals surface area contributed by atoms with E-state index in [0.29, 0.717) is 6.42 Å². The van der Waals surface area contributed by atoms with Gasteiger partial charge in [0, 0.05) is 5.41 Å². The first kappa shape index (κ1) is 12.7. The van der Waals surface area contributed by atoms with Crippen LogP contribution < -0.4 is 0 Å². The highest BCUT2D eigenvalue weighted by Gasteiger charge is 2.19. The molecule has 3 heteroatoms. The molecule has 0 aliphatic carbocycles. The summed E-state index contributed by atoms with van der Waals surface area (Å²) in [5.41, 5.74) is 0. The van der Waals surface area contributed by atoms with Gasteiger partial charge in [0.15, 0.2) is 9.84 Å². The summed E-state index contributed by atoms with van der Waals surface area (Å²) < 4.78 is 22.8. The second-order valence-corrected chi connectivity index (χ2v) is 5.46. The van der Waals surface area contributed by atoms with Crippen molar-refractivity contribution in [2.24, 2.45) is 0 Å². The van der Waals surface area contributed by atoms with Gasteiger partial charge >= 0.3 is 0 Å². The lowest BCUT2D eigenvalue weighted by molar-refractivity contribution is 0.560. The highest BCUT2D eigenvalue weighted by atomic mass is 32.2. The minimum atomic E-state index is -3.03. The van der Waals surface area contributed by atoms with Gasteiger partial charge in [-0.05, 0) is 12.8 Å². The van der Waals surface area contributed by atoms with E-state index in [4.69, 9.17) is 0 Å². The van der Waals surface area contributed by atoms with Crippen LogP contribution in [0, 0.1) is 0 Å². The minimum Gasteiger partial charge on any atom is -0.224 e. The zero-order valence-corrected chi connectivity index (χ0v) is 9.44. The topological polar surface area (TPSA) is 34.1 Å². The summed E-state index contributed by atoms with van der Waals surface area (Å²) in [6, 6.07) is 0. The normalized spacial score (nSPS) is 14.0. The smallest absolute Gasteiger partial charge is 0.173 e. The van der Waals surface area contributed by atoms with Gasteiger partial charge in [0.2, 0.25) is 0 Å². The maximum absolute atomic E-state index is 11.4. The van der Waals surface area contributed by atoms with Gasteiger partial charge in [0.05, 0.1) is 5.25 Å². The summed E-state index contributed by atoms with van der Waals surface area (Å²) in [5.74, 6) is 0. The van der Waals surface area contributed by atoms with Gasteiger partial charge in [0.1, 0.15) is 0 Å². The predicted octanol–water partition coefficient (Wildman–Crippen LogP) is 2.90. The second kappa shape index (κ2) is 6.19. The average Bonchev–Trinajstić information content (AvgIpc) is 2.12. The van der Waals surface area contributed by atoms with Crippen LogP contribution in [0.15, 0.2) is 12.0 Å². The first-order chi connectivity index (χ1) is 6.08. The van der Waals surface area contributed by atoms with Crippen LogP contribution in [0.25, 0.3) is 0 Å². The van der Waals surface area contributed by atoms with Crippen molar-refractivity contribution in [1.82, 2.24) is 0 Å². The van der Waals surface area contributed by atoms with Crippen molar-refractivity contribution in [3.05, 3.63) is 12.0 Å². The second-order valence-electron chi connectivity index (χ2n) is 3.28. The lowest BCUT2D eigenvalue weighted by atomic mass is 10.1. The van der Waals surface area contributed by atoms with E-state index in [9.17, 15) is 8.42 Å². The maximum atomic E-state index is 11.4. The fourth-order valence-corrected chi connectivity index (χ4v) is 2.59. The Morgan fingerprint density at radius 2 is 1.92 bits per heavy atom. The van der Waals surface area contributed by atoms with Crippen LogP contribution >= 0.6 is 0 Å². The Morgan fingerprint density at radius 3 is 2.31 bits per heavy atom. The molecule has 0 aromatic carbocycles. The zero-order chi connectivity index (χ0) is 10.3. The first-order valence-corrected chi connectivity index (χ1v) is 6.55. The summed E-state index contributed by atoms with van der Waals surface area (Å²) in [7, 11) is -3.03. The Morgan fingerprint density at radius 1 is 1.31 bits per heavy atom. The van der Waals surface area contributed by atoms with Crippen LogP contribution in [0.2, 0.25) is 0 Å². The third-order valence-corrected chi connectivity index (χ3v) is 4.24. The molecule has 1 atom stereocenters. The van der Waals surface area contributed by atoms with Gasteiger partial charge in [-0.3, -0.25) is 0 Å². The molecule has 0 aliphatic rings. The van der Waals surface area contributed by atoms with E-state index in [1.54, 1.807) is 0 Å². The van der Waals surface area contributed by atoms with Crippen molar-refractivity contribution in [1.29, 1.82) is 0 Å². The van der Waals surface area contributed by atoms with Crippen LogP contribution in [0.1, 0.15) is 46.0 Å². The SMILES string of the molecule is C=CS(=O)(=O)[C@@H](CC)CCCCC. The third kappa shape index (κ3) is 4.46. The Hall–Kier alpha value is -0.310. The summed E-state index contributed by atoms with van der Waals surface area (Å²) in [5, 5.41) is 0.879. The molecule has 0 spiro atoms. The Bertz CT molecular complexity index is 229. The Balaban J connectivity index is 4.11. The highest BCUT2D eigenvalue weighted by molar-refractivity contribution is 7.94. The zero-order valence-electron chi connectivity index (χ0n) is 8.62. The summed E-state index contributed by atoms with van der Waals surface area (Å²) in [6.07, 6.45) is 4.71. The molecule has 0 aliphatic heterocycles. The van der Waals surface area contributed by atoms with Crippen molar-refractivity contribution < 1.29 is 8.42 Å². The van der Waals surface area contributed by atoms with Gasteiger partial charge in [-0.15, -0.1) is 0 Å². The van der Waals surface area contributed by atoms with E-state index in [-0.39, 0.29) is 5.25 Å². The number of unbranched alkanes of at least 4 members (excludes halogenated alkanes) is 2. The van der Waals surface area contributed by atoms with Crippen LogP contribution in [0.5, 0.6) is 0 Å². The van der Waals surface area contributed by atoms with E-state index in [1.165, 1.54) is 0 Å². The van der Waals surface area contributed by atoms with Crippen molar-refractivity contribution in [2.75, 3.05) is 0 Å². The maximum Gasteiger partial charge on any atom is 0.173 e. The molecule has 0 rings (SSSR count). The van der Waals surface area contributed by atoms with Crippen LogP contribution in [-0.2, 0) is 9.84 Å². The van der Waals surface area contributed by atoms with Crippen molar-refractivity contribution in [2.45, 2.75) is 51.2 Å². The molecule has 0 bridgehead atoms. The first-order valence-electron chi connectivity index (χ1n) is 4.94. The van der Waals surface area contributed by atoms with Crippen molar-refractivity contribution in [3.8, 4) is 0 Å². The van der Waals surface area contributed by atoms with E-state index in [0.717, 1.165) is 31.1 Å². The molecule has 13 heavy (non-hydrogen) atoms. The van der Waals surface area contributed by atoms with E-state index in [1.807, 2.05) is 6.92 Å². The number of sulfone groups is 1. The molecule has 0 amide bonds. The Kier molecular flexibility index (Phi) is 6.04. The number of hydrogen-bond acceptors (Lipinski definition) is 2. The fraction of sp³-hybridized carbons (Fsp3) is 0.800. The number of hydrogen-bond donors (Lipinski definition) is 0. The molecule has 0 aromatic rings. The standard InChI is InChI=1S/C10H20O2S/c1-4-7-8-9-10(5-2)13(11,12)6-3/h6,10H,3-5,7-9H2,1-2H3/t10-/m0/s1. The predicted molar refractivity (Wildman–Crippen MR) is 57.3 cm³/mol. The van der Waals surface area contributed by atoms with Gasteiger partial charge in [-0.25, -0.2) is 8.42 Å². The summed E-state index contributed by atoms with van der Waals surface area (Å²) in [6.45, 7) is 7.37. The largest absolute Gasteiger partial charge is 0.224 e. The average molecular weight is 204 g/mol. The molecule has 0 aromatic heterocycles. The third-order valence-electron chi connectivity index (χ3n) is 2.28. The Labute approximate surface area is 82.0 Å². The summed E-state index contributed by atoms with van der Waals surface area (Å²) >= 11 is 0. The molecule has 0 radical (unpaired) electrons. The molecule has 0 heterocycles. The molecular formula is C10H20O2S. The minimum absolute atomic E-state index is 0.212. The molecular weight excluding hydrogens is 184 g/mol. The summed E-state index contributed by atoms with van der Waals surface area (Å²) in [4.78, 5) is 0. The lowest BCUT2D eigenvalue weighted by Gasteiger charge is -2.12. The highest BCUT2D eigenvalue weighted by Crippen LogP contribution is 2.15. The van der Waals surface area contributed by atoms with Crippen molar-refractivity contribution >= 4 is 9.84 Å². The van der Waals surface area contributed by atoms with Gasteiger partial charge < -0.3 is 0 Å². The van der Waals surface area contributed by atoms with Gasteiger partial charge in [0.25, 0.3) is 0 Å². The van der Waals surface area contributed by atoms with E-state index < -0.39 is 9.84 Å².